The van der Waals surface area contributed by atoms with Gasteiger partial charge in [-0.1, -0.05) is 18.2 Å². The van der Waals surface area contributed by atoms with E-state index in [0.717, 1.165) is 18.8 Å². The predicted octanol–water partition coefficient (Wildman–Crippen LogP) is 2.74. The number of nitrogens with one attached hydrogen (secondary N) is 1. The van der Waals surface area contributed by atoms with Gasteiger partial charge in [-0.05, 0) is 32.0 Å². The number of ether oxygens (including phenoxy) is 2. The molecule has 1 fully saturated rings. The Morgan fingerprint density at radius 2 is 1.92 bits per heavy atom. The van der Waals surface area contributed by atoms with Crippen molar-refractivity contribution in [2.24, 2.45) is 0 Å². The van der Waals surface area contributed by atoms with E-state index in [1.165, 1.54) is 18.4 Å². The molecule has 1 aromatic carbocycles. The van der Waals surface area contributed by atoms with Gasteiger partial charge in [0.05, 0.1) is 20.3 Å². The number of hydrogen-bond acceptors (Lipinski definition) is 6. The summed E-state index contributed by atoms with van der Waals surface area (Å²) in [6.07, 6.45) is 4.17. The summed E-state index contributed by atoms with van der Waals surface area (Å²) in [5.41, 5.74) is 1.19. The van der Waals surface area contributed by atoms with E-state index < -0.39 is 0 Å². The molecule has 1 atom stereocenters. The molecule has 128 valence electrons. The molecule has 1 saturated heterocycles. The number of aromatic nitrogens is 2. The summed E-state index contributed by atoms with van der Waals surface area (Å²) in [6, 6.07) is 10.2. The summed E-state index contributed by atoms with van der Waals surface area (Å²) in [6.45, 7) is 2.92. The van der Waals surface area contributed by atoms with Gasteiger partial charge in [0.25, 0.3) is 0 Å². The van der Waals surface area contributed by atoms with Crippen LogP contribution in [0.25, 0.3) is 0 Å². The minimum Gasteiger partial charge on any atom is -0.496 e. The highest BCUT2D eigenvalue weighted by molar-refractivity contribution is 5.38. The average Bonchev–Trinajstić information content (AvgIpc) is 3.17. The molecular formula is C18H24N4O2. The fourth-order valence-corrected chi connectivity index (χ4v) is 3.16. The first kappa shape index (κ1) is 16.5. The van der Waals surface area contributed by atoms with Crippen molar-refractivity contribution in [2.75, 3.05) is 39.2 Å². The molecule has 0 aliphatic carbocycles. The molecule has 6 heteroatoms. The molecule has 2 heterocycles. The molecule has 6 nitrogen and oxygen atoms in total. The van der Waals surface area contributed by atoms with E-state index in [2.05, 4.69) is 32.3 Å². The van der Waals surface area contributed by atoms with Crippen molar-refractivity contribution in [1.29, 1.82) is 0 Å². The van der Waals surface area contributed by atoms with Gasteiger partial charge in [-0.15, -0.1) is 0 Å². The SMILES string of the molecule is COc1ccnc(NC[C@@H](c2ccccc2OC)N2CCCC2)n1. The van der Waals surface area contributed by atoms with Crippen LogP contribution in [0, 0.1) is 0 Å². The maximum absolute atomic E-state index is 5.57. The van der Waals surface area contributed by atoms with Crippen LogP contribution in [0.5, 0.6) is 11.6 Å². The van der Waals surface area contributed by atoms with Gasteiger partial charge in [0.1, 0.15) is 5.75 Å². The Hall–Kier alpha value is -2.34. The smallest absolute Gasteiger partial charge is 0.226 e. The van der Waals surface area contributed by atoms with Gasteiger partial charge in [-0.25, -0.2) is 4.98 Å². The van der Waals surface area contributed by atoms with Crippen LogP contribution >= 0.6 is 0 Å². The third kappa shape index (κ3) is 3.76. The van der Waals surface area contributed by atoms with Gasteiger partial charge in [-0.2, -0.15) is 4.98 Å². The van der Waals surface area contributed by atoms with Crippen LogP contribution in [0.4, 0.5) is 5.95 Å². The van der Waals surface area contributed by atoms with Crippen LogP contribution in [0.15, 0.2) is 36.5 Å². The summed E-state index contributed by atoms with van der Waals surface area (Å²) >= 11 is 0. The van der Waals surface area contributed by atoms with E-state index in [9.17, 15) is 0 Å². The molecular weight excluding hydrogens is 304 g/mol. The molecule has 1 N–H and O–H groups in total. The molecule has 24 heavy (non-hydrogen) atoms. The Bertz CT molecular complexity index is 659. The first-order chi connectivity index (χ1) is 11.8. The Labute approximate surface area is 142 Å². The Morgan fingerprint density at radius 3 is 2.67 bits per heavy atom. The first-order valence-corrected chi connectivity index (χ1v) is 8.29. The maximum atomic E-state index is 5.57. The van der Waals surface area contributed by atoms with E-state index in [1.807, 2.05) is 12.1 Å². The zero-order valence-corrected chi connectivity index (χ0v) is 14.2. The minimum atomic E-state index is 0.221. The van der Waals surface area contributed by atoms with Crippen LogP contribution in [0.1, 0.15) is 24.4 Å². The van der Waals surface area contributed by atoms with Gasteiger partial charge in [-0.3, -0.25) is 4.90 Å². The predicted molar refractivity (Wildman–Crippen MR) is 93.6 cm³/mol. The molecule has 1 aliphatic rings. The number of methoxy groups -OCH3 is 2. The van der Waals surface area contributed by atoms with Crippen LogP contribution in [-0.4, -0.2) is 48.7 Å². The lowest BCUT2D eigenvalue weighted by Crippen LogP contribution is -2.31. The largest absolute Gasteiger partial charge is 0.496 e. The normalized spacial score (nSPS) is 15.9. The van der Waals surface area contributed by atoms with Crippen molar-refractivity contribution in [3.05, 3.63) is 42.1 Å². The number of hydrogen-bond donors (Lipinski definition) is 1. The minimum absolute atomic E-state index is 0.221. The molecule has 3 rings (SSSR count). The van der Waals surface area contributed by atoms with Crippen molar-refractivity contribution in [2.45, 2.75) is 18.9 Å². The van der Waals surface area contributed by atoms with Crippen LogP contribution in [0.2, 0.25) is 0 Å². The molecule has 0 amide bonds. The van der Waals surface area contributed by atoms with E-state index in [1.54, 1.807) is 26.5 Å². The van der Waals surface area contributed by atoms with Crippen LogP contribution in [0.3, 0.4) is 0 Å². The van der Waals surface area contributed by atoms with E-state index in [-0.39, 0.29) is 6.04 Å². The van der Waals surface area contributed by atoms with E-state index in [4.69, 9.17) is 9.47 Å². The van der Waals surface area contributed by atoms with Gasteiger partial charge < -0.3 is 14.8 Å². The zero-order chi connectivity index (χ0) is 16.8. The molecule has 2 aromatic rings. The quantitative estimate of drug-likeness (QED) is 0.843. The van der Waals surface area contributed by atoms with Gasteiger partial charge in [0, 0.05) is 24.4 Å². The molecule has 1 aromatic heterocycles. The third-order valence-corrected chi connectivity index (χ3v) is 4.37. The van der Waals surface area contributed by atoms with Gasteiger partial charge >= 0.3 is 0 Å². The third-order valence-electron chi connectivity index (χ3n) is 4.37. The van der Waals surface area contributed by atoms with Crippen LogP contribution in [-0.2, 0) is 0 Å². The molecule has 0 unspecified atom stereocenters. The standard InChI is InChI=1S/C18H24N4O2/c1-23-16-8-4-3-7-14(16)15(22-11-5-6-12-22)13-20-18-19-10-9-17(21-18)24-2/h3-4,7-10,15H,5-6,11-13H2,1-2H3,(H,19,20,21)/t15-/m0/s1. The highest BCUT2D eigenvalue weighted by Gasteiger charge is 2.25. The van der Waals surface area contributed by atoms with Crippen molar-refractivity contribution in [3.63, 3.8) is 0 Å². The Kier molecular flexibility index (Phi) is 5.48. The summed E-state index contributed by atoms with van der Waals surface area (Å²) in [7, 11) is 3.33. The average molecular weight is 328 g/mol. The van der Waals surface area contributed by atoms with Crippen molar-refractivity contribution >= 4 is 5.95 Å². The summed E-state index contributed by atoms with van der Waals surface area (Å²) in [5.74, 6) is 2.05. The lowest BCUT2D eigenvalue weighted by atomic mass is 10.0. The fourth-order valence-electron chi connectivity index (χ4n) is 3.16. The Balaban J connectivity index is 1.80. The second-order valence-electron chi connectivity index (χ2n) is 5.80. The molecule has 0 saturated carbocycles. The number of nitrogens with zero attached hydrogens (tertiary/aromatic N) is 3. The van der Waals surface area contributed by atoms with Crippen LogP contribution < -0.4 is 14.8 Å². The second kappa shape index (κ2) is 7.97. The molecule has 0 radical (unpaired) electrons. The number of likely N-dealkylation sites (tertiary alicyclic amines) is 1. The van der Waals surface area contributed by atoms with Crippen molar-refractivity contribution < 1.29 is 9.47 Å². The van der Waals surface area contributed by atoms with E-state index in [0.29, 0.717) is 18.4 Å². The fraction of sp³-hybridized carbons (Fsp3) is 0.444. The van der Waals surface area contributed by atoms with Gasteiger partial charge in [0.15, 0.2) is 0 Å². The lowest BCUT2D eigenvalue weighted by Gasteiger charge is -2.29. The van der Waals surface area contributed by atoms with Crippen molar-refractivity contribution in [1.82, 2.24) is 14.9 Å². The number of rotatable bonds is 7. The summed E-state index contributed by atoms with van der Waals surface area (Å²) in [4.78, 5) is 11.1. The molecule has 0 bridgehead atoms. The maximum Gasteiger partial charge on any atom is 0.226 e. The highest BCUT2D eigenvalue weighted by atomic mass is 16.5. The second-order valence-corrected chi connectivity index (χ2v) is 5.80. The van der Waals surface area contributed by atoms with E-state index >= 15 is 0 Å². The number of benzene rings is 1. The number of anilines is 1. The lowest BCUT2D eigenvalue weighted by molar-refractivity contribution is 0.249. The monoisotopic (exact) mass is 328 g/mol. The summed E-state index contributed by atoms with van der Waals surface area (Å²) in [5, 5.41) is 3.35. The number of para-hydroxylation sites is 1. The molecule has 1 aliphatic heterocycles. The molecule has 0 spiro atoms. The van der Waals surface area contributed by atoms with Crippen molar-refractivity contribution in [3.8, 4) is 11.6 Å². The zero-order valence-electron chi connectivity index (χ0n) is 14.2. The van der Waals surface area contributed by atoms with Gasteiger partial charge in [0.2, 0.25) is 11.8 Å². The highest BCUT2D eigenvalue weighted by Crippen LogP contribution is 2.31. The first-order valence-electron chi connectivity index (χ1n) is 8.29. The summed E-state index contributed by atoms with van der Waals surface area (Å²) < 4.78 is 10.7. The topological polar surface area (TPSA) is 59.5 Å². The Morgan fingerprint density at radius 1 is 1.12 bits per heavy atom.